The zero-order valence-corrected chi connectivity index (χ0v) is 22.4. The summed E-state index contributed by atoms with van der Waals surface area (Å²) in [6.45, 7) is 10.0. The number of fused-ring (bicyclic) bond motifs is 1. The molecule has 2 unspecified atom stereocenters. The van der Waals surface area contributed by atoms with Crippen LogP contribution in [0.25, 0.3) is 0 Å². The van der Waals surface area contributed by atoms with Crippen molar-refractivity contribution in [2.75, 3.05) is 32.7 Å². The molecule has 1 fully saturated rings. The molecule has 37 heavy (non-hydrogen) atoms. The normalized spacial score (nSPS) is 23.4. The Morgan fingerprint density at radius 2 is 1.86 bits per heavy atom. The maximum absolute atomic E-state index is 12.9. The second-order valence-electron chi connectivity index (χ2n) is 11.1. The van der Waals surface area contributed by atoms with E-state index in [-0.39, 0.29) is 30.3 Å². The van der Waals surface area contributed by atoms with Gasteiger partial charge in [0.25, 0.3) is 0 Å². The lowest BCUT2D eigenvalue weighted by Gasteiger charge is -2.35. The first-order valence-corrected chi connectivity index (χ1v) is 13.7. The van der Waals surface area contributed by atoms with Crippen LogP contribution in [0, 0.1) is 11.8 Å². The first-order valence-electron chi connectivity index (χ1n) is 13.7. The summed E-state index contributed by atoms with van der Waals surface area (Å²) in [5.41, 5.74) is 2.68. The first kappa shape index (κ1) is 27.3. The molecule has 0 aromatic heterocycles. The van der Waals surface area contributed by atoms with Crippen LogP contribution in [0.15, 0.2) is 34.3 Å². The summed E-state index contributed by atoms with van der Waals surface area (Å²) < 4.78 is 0. The number of aliphatic imine (C=N–C) groups is 2. The molecule has 3 N–H and O–H groups in total. The molecule has 1 aromatic rings. The third-order valence-electron chi connectivity index (χ3n) is 7.57. The lowest BCUT2D eigenvalue weighted by atomic mass is 9.96. The van der Waals surface area contributed by atoms with Crippen molar-refractivity contribution in [2.24, 2.45) is 21.8 Å². The molecule has 1 saturated heterocycles. The lowest BCUT2D eigenvalue weighted by Crippen LogP contribution is -2.52. The van der Waals surface area contributed by atoms with Crippen molar-refractivity contribution in [2.45, 2.75) is 71.2 Å². The van der Waals surface area contributed by atoms with E-state index < -0.39 is 12.1 Å². The Hall–Kier alpha value is -2.78. The maximum atomic E-state index is 12.9. The van der Waals surface area contributed by atoms with Crippen LogP contribution in [0.2, 0.25) is 0 Å². The third-order valence-corrected chi connectivity index (χ3v) is 7.57. The van der Waals surface area contributed by atoms with Crippen molar-refractivity contribution in [3.8, 4) is 0 Å². The fraction of sp³-hybridized carbons (Fsp3) is 0.643. The number of carbonyl (C=O) groups is 2. The molecule has 3 atom stereocenters. The summed E-state index contributed by atoms with van der Waals surface area (Å²) in [5.74, 6) is 0.964. The van der Waals surface area contributed by atoms with Crippen LogP contribution in [0.3, 0.4) is 0 Å². The summed E-state index contributed by atoms with van der Waals surface area (Å²) in [5, 5.41) is 17.0. The molecule has 9 nitrogen and oxygen atoms in total. The summed E-state index contributed by atoms with van der Waals surface area (Å²) in [6.07, 6.45) is 4.09. The summed E-state index contributed by atoms with van der Waals surface area (Å²) in [7, 11) is 0. The van der Waals surface area contributed by atoms with Crippen LogP contribution >= 0.6 is 0 Å². The maximum Gasteiger partial charge on any atom is 0.245 e. The third kappa shape index (κ3) is 7.38. The van der Waals surface area contributed by atoms with Gasteiger partial charge in [0, 0.05) is 57.6 Å². The second kappa shape index (κ2) is 12.6. The van der Waals surface area contributed by atoms with Gasteiger partial charge in [-0.2, -0.15) is 0 Å². The molecule has 4 rings (SSSR count). The number of aliphatic hydroxyl groups is 1. The molecule has 0 bridgehead atoms. The van der Waals surface area contributed by atoms with Crippen molar-refractivity contribution in [1.82, 2.24) is 20.4 Å². The Balaban J connectivity index is 1.20. The Bertz CT molecular complexity index is 1000. The average molecular weight is 511 g/mol. The minimum absolute atomic E-state index is 0.193. The number of rotatable bonds is 8. The van der Waals surface area contributed by atoms with Gasteiger partial charge >= 0.3 is 0 Å². The van der Waals surface area contributed by atoms with Crippen molar-refractivity contribution in [3.05, 3.63) is 35.4 Å². The summed E-state index contributed by atoms with van der Waals surface area (Å²) in [4.78, 5) is 38.2. The van der Waals surface area contributed by atoms with Crippen molar-refractivity contribution < 1.29 is 14.7 Å². The van der Waals surface area contributed by atoms with Gasteiger partial charge in [-0.15, -0.1) is 0 Å². The van der Waals surface area contributed by atoms with Gasteiger partial charge in [-0.25, -0.2) is 4.99 Å². The van der Waals surface area contributed by atoms with E-state index in [0.29, 0.717) is 18.9 Å². The number of piperidine rings is 1. The van der Waals surface area contributed by atoms with E-state index in [2.05, 4.69) is 63.6 Å². The van der Waals surface area contributed by atoms with Crippen LogP contribution in [-0.4, -0.2) is 89.8 Å². The fourth-order valence-electron chi connectivity index (χ4n) is 5.38. The van der Waals surface area contributed by atoms with Crippen LogP contribution in [-0.2, 0) is 22.6 Å². The van der Waals surface area contributed by atoms with E-state index >= 15 is 0 Å². The highest BCUT2D eigenvalue weighted by Gasteiger charge is 2.32. The molecule has 0 radical (unpaired) electrons. The largest absolute Gasteiger partial charge is 0.390 e. The zero-order valence-electron chi connectivity index (χ0n) is 22.4. The number of β-amino-alcohol motifs (C(OH)–C–C–N with tert-alkyl or cyclic N) is 1. The molecular formula is C28H42N6O3. The molecule has 3 heterocycles. The van der Waals surface area contributed by atoms with Crippen molar-refractivity contribution in [3.63, 3.8) is 0 Å². The highest BCUT2D eigenvalue weighted by Crippen LogP contribution is 2.19. The van der Waals surface area contributed by atoms with Crippen LogP contribution in [0.4, 0.5) is 0 Å². The zero-order chi connectivity index (χ0) is 26.4. The lowest BCUT2D eigenvalue weighted by molar-refractivity contribution is -0.133. The second-order valence-corrected chi connectivity index (χ2v) is 11.1. The standard InChI is InChI=1S/C28H42N6O3/c1-19(2)14-25(36)34-12-9-23(10-13-34)32-27-20(3)26(30-18-31-27)28(37)29-15-24(35)17-33-11-8-21-6-4-5-7-22(21)16-33/h4-7,18-20,23-24,26,35H,8-17H2,1-3H3,(H,29,37)(H,30,31,32)/t20?,24-,26?/m0/s1. The number of benzene rings is 1. The molecule has 1 aromatic carbocycles. The minimum Gasteiger partial charge on any atom is -0.390 e. The molecule has 0 spiro atoms. The van der Waals surface area contributed by atoms with Gasteiger partial charge in [-0.1, -0.05) is 45.0 Å². The summed E-state index contributed by atoms with van der Waals surface area (Å²) in [6, 6.07) is 8.06. The van der Waals surface area contributed by atoms with Crippen LogP contribution < -0.4 is 10.6 Å². The number of aliphatic hydroxyl groups excluding tert-OH is 1. The predicted octanol–water partition coefficient (Wildman–Crippen LogP) is 1.59. The topological polar surface area (TPSA) is 110 Å². The van der Waals surface area contributed by atoms with E-state index in [9.17, 15) is 14.7 Å². The average Bonchev–Trinajstić information content (AvgIpc) is 2.88. The van der Waals surface area contributed by atoms with Crippen molar-refractivity contribution >= 4 is 24.0 Å². The van der Waals surface area contributed by atoms with Crippen LogP contribution in [0.1, 0.15) is 51.2 Å². The highest BCUT2D eigenvalue weighted by atomic mass is 16.3. The van der Waals surface area contributed by atoms with E-state index in [1.54, 1.807) is 0 Å². The number of carbonyl (C=O) groups excluding carboxylic acids is 2. The van der Waals surface area contributed by atoms with Gasteiger partial charge in [0.1, 0.15) is 18.2 Å². The molecule has 9 heteroatoms. The van der Waals surface area contributed by atoms with Gasteiger partial charge in [-0.05, 0) is 36.3 Å². The van der Waals surface area contributed by atoms with Crippen LogP contribution in [0.5, 0.6) is 0 Å². The SMILES string of the molecule is CC(C)CC(=O)N1CCC(NC2=NC=NC(C(=O)NC[C@H](O)CN3CCc4ccccc4C3)C2C)CC1. The Labute approximate surface area is 220 Å². The summed E-state index contributed by atoms with van der Waals surface area (Å²) >= 11 is 0. The number of hydrogen-bond acceptors (Lipinski definition) is 7. The number of nitrogens with one attached hydrogen (secondary N) is 2. The molecule has 3 aliphatic heterocycles. The predicted molar refractivity (Wildman–Crippen MR) is 146 cm³/mol. The Kier molecular flexibility index (Phi) is 9.32. The minimum atomic E-state index is -0.646. The number of amides is 2. The van der Waals surface area contributed by atoms with Crippen molar-refractivity contribution in [1.29, 1.82) is 0 Å². The highest BCUT2D eigenvalue weighted by molar-refractivity contribution is 5.98. The van der Waals surface area contributed by atoms with Gasteiger partial charge in [-0.3, -0.25) is 19.5 Å². The molecule has 2 amide bonds. The molecule has 202 valence electrons. The number of hydrogen-bond donors (Lipinski definition) is 3. The Morgan fingerprint density at radius 3 is 2.59 bits per heavy atom. The molecular weight excluding hydrogens is 468 g/mol. The first-order chi connectivity index (χ1) is 17.8. The Morgan fingerprint density at radius 1 is 1.14 bits per heavy atom. The smallest absolute Gasteiger partial charge is 0.245 e. The molecule has 0 aliphatic carbocycles. The van der Waals surface area contributed by atoms with Gasteiger partial charge < -0.3 is 20.6 Å². The van der Waals surface area contributed by atoms with E-state index in [0.717, 1.165) is 51.3 Å². The van der Waals surface area contributed by atoms with Gasteiger partial charge in [0.05, 0.1) is 6.10 Å². The number of amidine groups is 1. The fourth-order valence-corrected chi connectivity index (χ4v) is 5.38. The molecule has 0 saturated carbocycles. The van der Waals surface area contributed by atoms with Gasteiger partial charge in [0.15, 0.2) is 0 Å². The number of nitrogens with zero attached hydrogens (tertiary/aromatic N) is 4. The van der Waals surface area contributed by atoms with E-state index in [1.165, 1.54) is 17.5 Å². The number of likely N-dealkylation sites (tertiary alicyclic amines) is 1. The van der Waals surface area contributed by atoms with E-state index in [4.69, 9.17) is 0 Å². The molecule has 3 aliphatic rings. The monoisotopic (exact) mass is 510 g/mol. The quantitative estimate of drug-likeness (QED) is 0.492. The van der Waals surface area contributed by atoms with Gasteiger partial charge in [0.2, 0.25) is 11.8 Å². The van der Waals surface area contributed by atoms with E-state index in [1.807, 2.05) is 11.8 Å².